The molecule has 2 aliphatic heterocycles. The summed E-state index contributed by atoms with van der Waals surface area (Å²) in [5.74, 6) is -32.0. The number of aliphatic hydroxyl groups is 4. The predicted molar refractivity (Wildman–Crippen MR) is 478 cm³/mol. The van der Waals surface area contributed by atoms with Crippen LogP contribution in [-0.2, 0) is 115 Å². The van der Waals surface area contributed by atoms with E-state index in [0.717, 1.165) is 23.6 Å². The molecule has 18 atom stereocenters. The highest BCUT2D eigenvalue weighted by atomic mass is 32.1. The molecular weight excluding hydrogens is 1870 g/mol. The summed E-state index contributed by atoms with van der Waals surface area (Å²) in [6.45, 7) is 1.01. The van der Waals surface area contributed by atoms with Crippen molar-refractivity contribution in [2.45, 2.75) is 227 Å². The van der Waals surface area contributed by atoms with Gasteiger partial charge in [-0.1, -0.05) is 27.7 Å². The third-order valence-corrected chi connectivity index (χ3v) is 21.2. The molecule has 0 saturated carbocycles. The number of nitrogens with zero attached hydrogens (tertiary/aromatic N) is 2. The van der Waals surface area contributed by atoms with Crippen LogP contribution in [0.2, 0.25) is 0 Å². The normalized spacial score (nSPS) is 16.7. The van der Waals surface area contributed by atoms with E-state index in [9.17, 15) is 151 Å². The van der Waals surface area contributed by atoms with Crippen LogP contribution < -0.4 is 130 Å². The van der Waals surface area contributed by atoms with Crippen LogP contribution in [0.5, 0.6) is 0 Å². The van der Waals surface area contributed by atoms with Crippen LogP contribution in [-0.4, -0.2) is 385 Å². The van der Waals surface area contributed by atoms with Gasteiger partial charge in [0.15, 0.2) is 11.9 Å². The molecule has 2 saturated heterocycles. The number of carboxylic acids is 3. The van der Waals surface area contributed by atoms with Gasteiger partial charge in [0, 0.05) is 37.7 Å². The number of carbonyl (C=O) groups excluding carboxylic acids is 21. The Morgan fingerprint density at radius 2 is 0.650 bits per heavy atom. The Labute approximate surface area is 793 Å². The van der Waals surface area contributed by atoms with Gasteiger partial charge in [0.2, 0.25) is 124 Å². The minimum absolute atomic E-state index is 0.00667. The lowest BCUT2D eigenvalue weighted by molar-refractivity contribution is -0.144. The van der Waals surface area contributed by atoms with Gasteiger partial charge in [-0.25, -0.2) is 4.79 Å². The standard InChI is InChI=1S/C76H126N28O31S2/c1-31(2)55(101-51(111)23-86-60(120)36(11-7-15-84-75(80)81)90-69(129)48-14-10-18-104(48)73(133)41(20-50(79)110)95-66(126)44(27-107)97-63(123)39(22-54(115)116)93-59(119)35(77)29-136)70(130)98-42(25-105)64(124)89-33(5)57(117)88-34(6)58(118)92-38(21-53(113)114)62(122)96-43(26-106)65(125)94-40(19-49(78)109)72(132)103-17-9-13-47(103)68(128)91-37(12-8-16-85-76(82)83)61(121)87-24-52(112)102-56(32(3)4)71(131)99-45(28-108)67(127)100-46(30-137)74(134)135/h31-48,55-56,105-108,136-137H,7-30,77H2,1-6H3,(H2,78,109)(H2,79,110)(H,86,120)(H,87,121)(H,88,117)(H,89,124)(H,90,129)(H,91,128)(H,92,118)(H,93,119)(H,94,125)(H,95,126)(H,96,122)(H,97,123)(H,98,130)(H,99,131)(H,100,127)(H,101,111)(H,102,112)(H,113,114)(H,115,116)(H,134,135)(H4,80,81,84)(H4,82,83,85)/t33-,34-,35-,36-,37-,38-,39-,40-,41-,42-,43-,44-,45-,46-,47-,48-,55-,56-/m0/s1. The van der Waals surface area contributed by atoms with E-state index in [-0.39, 0.29) is 89.1 Å². The number of carbonyl (C=O) groups is 24. The van der Waals surface area contributed by atoms with Gasteiger partial charge in [0.25, 0.3) is 0 Å². The van der Waals surface area contributed by atoms with Crippen molar-refractivity contribution in [1.82, 2.24) is 111 Å². The van der Waals surface area contributed by atoms with E-state index < -0.39 is 340 Å². The lowest BCUT2D eigenvalue weighted by Gasteiger charge is -2.30. The number of hydrogen-bond acceptors (Lipinski definition) is 33. The van der Waals surface area contributed by atoms with E-state index in [1.165, 1.54) is 27.7 Å². The van der Waals surface area contributed by atoms with Crippen LogP contribution in [0.1, 0.15) is 119 Å². The number of amides is 21. The van der Waals surface area contributed by atoms with E-state index in [0.29, 0.717) is 0 Å². The van der Waals surface area contributed by atoms with Crippen LogP contribution in [0, 0.1) is 22.7 Å². The second kappa shape index (κ2) is 59.9. The van der Waals surface area contributed by atoms with Crippen molar-refractivity contribution in [3.05, 3.63) is 0 Å². The highest BCUT2D eigenvalue weighted by molar-refractivity contribution is 7.80. The van der Waals surface area contributed by atoms with Gasteiger partial charge in [-0.15, -0.1) is 0 Å². The Balaban J connectivity index is 2.22. The average molecular weight is 1990 g/mol. The number of aliphatic hydroxyl groups excluding tert-OH is 4. The fourth-order valence-electron chi connectivity index (χ4n) is 13.1. The minimum atomic E-state index is -2.14. The second-order valence-corrected chi connectivity index (χ2v) is 32.8. The number of hydrogen-bond donors (Lipinski definition) is 35. The maximum absolute atomic E-state index is 14.3. The molecule has 0 unspecified atom stereocenters. The summed E-state index contributed by atoms with van der Waals surface area (Å²) in [4.78, 5) is 320. The highest BCUT2D eigenvalue weighted by Crippen LogP contribution is 2.23. The van der Waals surface area contributed by atoms with Crippen molar-refractivity contribution in [2.75, 3.05) is 77.2 Å². The van der Waals surface area contributed by atoms with Crippen molar-refractivity contribution < 1.29 is 151 Å². The fraction of sp³-hybridized carbons (Fsp3) is 0.658. The quantitative estimate of drug-likeness (QED) is 0.0116. The topological polar surface area (TPSA) is 964 Å². The minimum Gasteiger partial charge on any atom is -0.481 e. The Kier molecular flexibility index (Phi) is 52.2. The monoisotopic (exact) mass is 1990 g/mol. The molecule has 0 aliphatic carbocycles. The van der Waals surface area contributed by atoms with Gasteiger partial charge < -0.3 is 175 Å². The van der Waals surface area contributed by atoms with E-state index >= 15 is 0 Å². The van der Waals surface area contributed by atoms with E-state index in [4.69, 9.17) is 39.5 Å². The zero-order valence-corrected chi connectivity index (χ0v) is 77.4. The van der Waals surface area contributed by atoms with E-state index in [2.05, 4.69) is 116 Å². The molecular formula is C76H126N28O31S2. The lowest BCUT2D eigenvalue weighted by Crippen LogP contribution is -2.61. The molecule has 61 heteroatoms. The number of likely N-dealkylation sites (tertiary alicyclic amines) is 2. The maximum Gasteiger partial charge on any atom is 0.327 e. The molecule has 38 N–H and O–H groups in total. The smallest absolute Gasteiger partial charge is 0.327 e. The van der Waals surface area contributed by atoms with Gasteiger partial charge in [0.1, 0.15) is 103 Å². The number of thiol groups is 2. The molecule has 59 nitrogen and oxygen atoms in total. The molecule has 0 aromatic rings. The largest absolute Gasteiger partial charge is 0.481 e. The number of nitrogens with one attached hydrogen (secondary N) is 21. The predicted octanol–water partition coefficient (Wildman–Crippen LogP) is -17.7. The van der Waals surface area contributed by atoms with Crippen molar-refractivity contribution in [3.63, 3.8) is 0 Å². The molecule has 2 fully saturated rings. The van der Waals surface area contributed by atoms with Crippen LogP contribution in [0.15, 0.2) is 0 Å². The van der Waals surface area contributed by atoms with Gasteiger partial charge in [-0.3, -0.25) is 121 Å². The van der Waals surface area contributed by atoms with E-state index in [1.807, 2.05) is 10.6 Å². The molecule has 768 valence electrons. The summed E-state index contributed by atoms with van der Waals surface area (Å²) in [5, 5.41) is 127. The third kappa shape index (κ3) is 41.6. The molecule has 2 rings (SSSR count). The molecule has 2 heterocycles. The SMILES string of the molecule is CC(C)[C@H](NC(=O)CNC(=O)[C@H](CCCNC(=N)N)NC(=O)[C@@H]1CCCN1C(=O)[C@H](CC(N)=O)NC(=O)[C@H](CO)NC(=O)[C@H](CC(=O)O)NC(=O)[C@@H](N)CS)C(=O)N[C@@H](CO)C(=O)N[C@@H](C)C(=O)N[C@@H](C)C(=O)N[C@@H](CC(=O)O)C(=O)N[C@@H](CO)C(=O)N[C@@H](CC(N)=O)C(=O)N1CCC[C@H]1C(=O)N[C@@H](CCCNC(=N)N)C(=O)NCC(=O)N[C@H](C(=O)N[C@@H](CO)C(=O)N[C@@H](CS)C(=O)O)C(C)C. The van der Waals surface area contributed by atoms with Crippen molar-refractivity contribution in [1.29, 1.82) is 10.8 Å². The van der Waals surface area contributed by atoms with Crippen LogP contribution in [0.25, 0.3) is 0 Å². The molecule has 0 aromatic heterocycles. The zero-order valence-electron chi connectivity index (χ0n) is 75.6. The summed E-state index contributed by atoms with van der Waals surface area (Å²) < 4.78 is 0. The number of rotatable bonds is 61. The van der Waals surface area contributed by atoms with Crippen LogP contribution in [0.4, 0.5) is 0 Å². The van der Waals surface area contributed by atoms with Gasteiger partial charge in [-0.2, -0.15) is 25.3 Å². The van der Waals surface area contributed by atoms with Crippen molar-refractivity contribution >= 4 is 179 Å². The Morgan fingerprint density at radius 1 is 0.350 bits per heavy atom. The summed E-state index contributed by atoms with van der Waals surface area (Å²) in [6, 6.07) is -30.6. The number of carboxylic acid groups (broad SMARTS) is 3. The first-order valence-corrected chi connectivity index (χ1v) is 44.0. The number of nitrogens with two attached hydrogens (primary N) is 5. The fourth-order valence-corrected chi connectivity index (χ4v) is 13.5. The Morgan fingerprint density at radius 3 is 0.956 bits per heavy atom. The summed E-state index contributed by atoms with van der Waals surface area (Å²) in [7, 11) is 0. The average Bonchev–Trinajstić information content (AvgIpc) is 1.70. The first-order valence-electron chi connectivity index (χ1n) is 42.7. The number of primary amides is 2. The van der Waals surface area contributed by atoms with E-state index in [1.54, 1.807) is 0 Å². The Bertz CT molecular complexity index is 4370. The van der Waals surface area contributed by atoms with Crippen LogP contribution >= 0.6 is 25.3 Å². The van der Waals surface area contributed by atoms with Gasteiger partial charge in [0.05, 0.1) is 71.2 Å². The maximum atomic E-state index is 14.3. The Hall–Kier alpha value is -13.7. The number of guanidine groups is 2. The van der Waals surface area contributed by atoms with Crippen LogP contribution in [0.3, 0.4) is 0 Å². The second-order valence-electron chi connectivity index (χ2n) is 32.1. The molecule has 21 amide bonds. The first-order chi connectivity index (χ1) is 64.2. The first kappa shape index (κ1) is 119. The van der Waals surface area contributed by atoms with Crippen molar-refractivity contribution in [2.24, 2.45) is 40.5 Å². The van der Waals surface area contributed by atoms with Gasteiger partial charge >= 0.3 is 17.9 Å². The van der Waals surface area contributed by atoms with Crippen molar-refractivity contribution in [3.8, 4) is 0 Å². The highest BCUT2D eigenvalue weighted by Gasteiger charge is 2.45. The summed E-state index contributed by atoms with van der Waals surface area (Å²) >= 11 is 7.73. The molecule has 0 aromatic carbocycles. The molecule has 2 aliphatic rings. The molecule has 0 bridgehead atoms. The summed E-state index contributed by atoms with van der Waals surface area (Å²) in [5.41, 5.74) is 27.3. The zero-order chi connectivity index (χ0) is 104. The van der Waals surface area contributed by atoms with Gasteiger partial charge in [-0.05, 0) is 77.0 Å². The lowest BCUT2D eigenvalue weighted by atomic mass is 10.0. The molecule has 0 radical (unpaired) electrons. The summed E-state index contributed by atoms with van der Waals surface area (Å²) in [6.07, 6.45) is -4.60. The molecule has 137 heavy (non-hydrogen) atoms. The third-order valence-electron chi connectivity index (χ3n) is 20.5. The number of aliphatic carboxylic acids is 3. The molecule has 0 spiro atoms.